The molecule has 5 nitrogen and oxygen atoms in total. The van der Waals surface area contributed by atoms with Crippen LogP contribution in [0.5, 0.6) is 0 Å². The van der Waals surface area contributed by atoms with Crippen molar-refractivity contribution in [2.75, 3.05) is 22.4 Å². The molecular weight excluding hydrogens is 336 g/mol. The minimum Gasteiger partial charge on any atom is -0.322 e. The Balaban J connectivity index is 2.14. The van der Waals surface area contributed by atoms with E-state index in [1.807, 2.05) is 0 Å². The zero-order valence-electron chi connectivity index (χ0n) is 12.8. The van der Waals surface area contributed by atoms with Gasteiger partial charge in [0.05, 0.1) is 11.4 Å². The molecule has 0 radical (unpaired) electrons. The molecule has 0 spiro atoms. The fourth-order valence-electron chi connectivity index (χ4n) is 1.95. The van der Waals surface area contributed by atoms with E-state index >= 15 is 0 Å². The lowest BCUT2D eigenvalue weighted by molar-refractivity contribution is 0.102. The number of nitrogens with zero attached hydrogens (tertiary/aromatic N) is 1. The smallest absolute Gasteiger partial charge is 0.255 e. The minimum atomic E-state index is -3.32. The maximum atomic E-state index is 12.2. The summed E-state index contributed by atoms with van der Waals surface area (Å²) in [7, 11) is -1.83. The first-order chi connectivity index (χ1) is 10.8. The van der Waals surface area contributed by atoms with E-state index in [2.05, 4.69) is 5.32 Å². The standard InChI is InChI=1S/C16H17ClN2O3S/c1-3-23(21,22)19(2)15-9-7-12(8-10-15)16(20)18-14-6-4-5-13(17)11-14/h4-11H,3H2,1-2H3,(H,18,20). The third-order valence-electron chi connectivity index (χ3n) is 3.36. The molecule has 0 saturated carbocycles. The normalized spacial score (nSPS) is 11.1. The van der Waals surface area contributed by atoms with Gasteiger partial charge in [-0.3, -0.25) is 9.10 Å². The summed E-state index contributed by atoms with van der Waals surface area (Å²) in [6.07, 6.45) is 0. The van der Waals surface area contributed by atoms with Gasteiger partial charge in [-0.05, 0) is 49.4 Å². The largest absolute Gasteiger partial charge is 0.322 e. The van der Waals surface area contributed by atoms with Crippen LogP contribution in [0.4, 0.5) is 11.4 Å². The van der Waals surface area contributed by atoms with Gasteiger partial charge in [-0.25, -0.2) is 8.42 Å². The molecular formula is C16H17ClN2O3S. The molecule has 0 aliphatic carbocycles. The highest BCUT2D eigenvalue weighted by molar-refractivity contribution is 7.92. The number of hydrogen-bond donors (Lipinski definition) is 1. The Kier molecular flexibility index (Phi) is 5.28. The summed E-state index contributed by atoms with van der Waals surface area (Å²) in [5.41, 5.74) is 1.53. The summed E-state index contributed by atoms with van der Waals surface area (Å²) in [6, 6.07) is 13.2. The Morgan fingerprint density at radius 2 is 1.83 bits per heavy atom. The second kappa shape index (κ2) is 7.02. The van der Waals surface area contributed by atoms with E-state index < -0.39 is 10.0 Å². The summed E-state index contributed by atoms with van der Waals surface area (Å²) in [5.74, 6) is -0.277. The van der Waals surface area contributed by atoms with Crippen LogP contribution in [0.1, 0.15) is 17.3 Å². The number of benzene rings is 2. The molecule has 0 fully saturated rings. The molecule has 1 N–H and O–H groups in total. The van der Waals surface area contributed by atoms with Gasteiger partial charge in [-0.2, -0.15) is 0 Å². The van der Waals surface area contributed by atoms with Gasteiger partial charge >= 0.3 is 0 Å². The van der Waals surface area contributed by atoms with Crippen LogP contribution in [0.3, 0.4) is 0 Å². The Labute approximate surface area is 140 Å². The maximum absolute atomic E-state index is 12.2. The van der Waals surface area contributed by atoms with Gasteiger partial charge in [0, 0.05) is 23.3 Å². The zero-order chi connectivity index (χ0) is 17.0. The predicted octanol–water partition coefficient (Wildman–Crippen LogP) is 3.38. The molecule has 0 unspecified atom stereocenters. The lowest BCUT2D eigenvalue weighted by Crippen LogP contribution is -2.28. The first kappa shape index (κ1) is 17.3. The van der Waals surface area contributed by atoms with Crippen molar-refractivity contribution in [2.24, 2.45) is 0 Å². The fraction of sp³-hybridized carbons (Fsp3) is 0.188. The number of rotatable bonds is 5. The van der Waals surface area contributed by atoms with Crippen LogP contribution in [0.25, 0.3) is 0 Å². The molecule has 2 aromatic carbocycles. The molecule has 0 saturated heterocycles. The lowest BCUT2D eigenvalue weighted by Gasteiger charge is -2.18. The van der Waals surface area contributed by atoms with Crippen LogP contribution in [0.2, 0.25) is 5.02 Å². The minimum absolute atomic E-state index is 0.0144. The quantitative estimate of drug-likeness (QED) is 0.897. The number of anilines is 2. The maximum Gasteiger partial charge on any atom is 0.255 e. The van der Waals surface area contributed by atoms with E-state index in [-0.39, 0.29) is 11.7 Å². The van der Waals surface area contributed by atoms with Gasteiger partial charge in [0.1, 0.15) is 0 Å². The van der Waals surface area contributed by atoms with E-state index in [1.54, 1.807) is 55.5 Å². The van der Waals surface area contributed by atoms with Gasteiger partial charge in [0.2, 0.25) is 10.0 Å². The van der Waals surface area contributed by atoms with Gasteiger partial charge in [0.15, 0.2) is 0 Å². The first-order valence-corrected chi connectivity index (χ1v) is 8.96. The highest BCUT2D eigenvalue weighted by atomic mass is 35.5. The fourth-order valence-corrected chi connectivity index (χ4v) is 2.97. The van der Waals surface area contributed by atoms with Gasteiger partial charge in [-0.15, -0.1) is 0 Å². The molecule has 1 amide bonds. The molecule has 0 heterocycles. The van der Waals surface area contributed by atoms with Crippen LogP contribution >= 0.6 is 11.6 Å². The Morgan fingerprint density at radius 1 is 1.17 bits per heavy atom. The monoisotopic (exact) mass is 352 g/mol. The summed E-state index contributed by atoms with van der Waals surface area (Å²) in [4.78, 5) is 12.2. The van der Waals surface area contributed by atoms with Crippen LogP contribution in [-0.2, 0) is 10.0 Å². The molecule has 0 bridgehead atoms. The van der Waals surface area contributed by atoms with E-state index in [0.29, 0.717) is 22.0 Å². The predicted molar refractivity (Wildman–Crippen MR) is 93.7 cm³/mol. The van der Waals surface area contributed by atoms with Crippen LogP contribution < -0.4 is 9.62 Å². The average Bonchev–Trinajstić information content (AvgIpc) is 2.54. The number of amides is 1. The van der Waals surface area contributed by atoms with Crippen molar-refractivity contribution >= 4 is 38.9 Å². The summed E-state index contributed by atoms with van der Waals surface area (Å²) in [5, 5.41) is 3.27. The Morgan fingerprint density at radius 3 is 2.39 bits per heavy atom. The first-order valence-electron chi connectivity index (χ1n) is 6.97. The number of carbonyl (C=O) groups excluding carboxylic acids is 1. The highest BCUT2D eigenvalue weighted by Crippen LogP contribution is 2.19. The summed E-state index contributed by atoms with van der Waals surface area (Å²) < 4.78 is 24.9. The van der Waals surface area contributed by atoms with E-state index in [1.165, 1.54) is 11.4 Å². The molecule has 7 heteroatoms. The molecule has 0 aliphatic heterocycles. The Hall–Kier alpha value is -2.05. The molecule has 0 aromatic heterocycles. The zero-order valence-corrected chi connectivity index (χ0v) is 14.4. The third kappa shape index (κ3) is 4.24. The Bertz CT molecular complexity index is 804. The van der Waals surface area contributed by atoms with Gasteiger partial charge in [0.25, 0.3) is 5.91 Å². The van der Waals surface area contributed by atoms with Crippen molar-refractivity contribution in [3.05, 3.63) is 59.1 Å². The van der Waals surface area contributed by atoms with E-state index in [4.69, 9.17) is 11.6 Å². The molecule has 122 valence electrons. The van der Waals surface area contributed by atoms with Gasteiger partial charge < -0.3 is 5.32 Å². The number of halogens is 1. The van der Waals surface area contributed by atoms with Crippen molar-refractivity contribution in [1.29, 1.82) is 0 Å². The topological polar surface area (TPSA) is 66.5 Å². The summed E-state index contributed by atoms with van der Waals surface area (Å²) in [6.45, 7) is 1.58. The number of hydrogen-bond acceptors (Lipinski definition) is 3. The highest BCUT2D eigenvalue weighted by Gasteiger charge is 2.16. The SMILES string of the molecule is CCS(=O)(=O)N(C)c1ccc(C(=O)Nc2cccc(Cl)c2)cc1. The van der Waals surface area contributed by atoms with Crippen LogP contribution in [-0.4, -0.2) is 27.1 Å². The van der Waals surface area contributed by atoms with E-state index in [0.717, 1.165) is 0 Å². The molecule has 2 rings (SSSR count). The second-order valence-corrected chi connectivity index (χ2v) is 7.60. The van der Waals surface area contributed by atoms with Crippen molar-refractivity contribution in [3.8, 4) is 0 Å². The molecule has 23 heavy (non-hydrogen) atoms. The molecule has 0 aliphatic rings. The van der Waals surface area contributed by atoms with Crippen LogP contribution in [0.15, 0.2) is 48.5 Å². The second-order valence-electron chi connectivity index (χ2n) is 4.88. The molecule has 2 aromatic rings. The number of carbonyl (C=O) groups is 1. The number of nitrogens with one attached hydrogen (secondary N) is 1. The van der Waals surface area contributed by atoms with Crippen molar-refractivity contribution < 1.29 is 13.2 Å². The lowest BCUT2D eigenvalue weighted by atomic mass is 10.2. The average molecular weight is 353 g/mol. The van der Waals surface area contributed by atoms with Crippen molar-refractivity contribution in [1.82, 2.24) is 0 Å². The van der Waals surface area contributed by atoms with E-state index in [9.17, 15) is 13.2 Å². The van der Waals surface area contributed by atoms with Gasteiger partial charge in [-0.1, -0.05) is 17.7 Å². The van der Waals surface area contributed by atoms with Crippen molar-refractivity contribution in [2.45, 2.75) is 6.92 Å². The third-order valence-corrected chi connectivity index (χ3v) is 5.37. The number of sulfonamides is 1. The van der Waals surface area contributed by atoms with Crippen molar-refractivity contribution in [3.63, 3.8) is 0 Å². The summed E-state index contributed by atoms with van der Waals surface area (Å²) >= 11 is 5.87. The van der Waals surface area contributed by atoms with Crippen LogP contribution in [0, 0.1) is 0 Å². The molecule has 0 atom stereocenters.